The second-order valence-electron chi connectivity index (χ2n) is 6.58. The molecule has 3 rings (SSSR count). The quantitative estimate of drug-likeness (QED) is 0.301. The smallest absolute Gasteiger partial charge is 0.266 e. The van der Waals surface area contributed by atoms with Crippen LogP contribution in [0.2, 0.25) is 19.6 Å². The lowest BCUT2D eigenvalue weighted by Gasteiger charge is -2.19. The average molecular weight is 482 g/mol. The van der Waals surface area contributed by atoms with Crippen LogP contribution >= 0.6 is 33.8 Å². The van der Waals surface area contributed by atoms with Crippen LogP contribution < -0.4 is 10.3 Å². The molecule has 0 amide bonds. The fourth-order valence-corrected chi connectivity index (χ4v) is 6.09. The fourth-order valence-electron chi connectivity index (χ4n) is 2.46. The first-order valence-electron chi connectivity index (χ1n) is 7.85. The van der Waals surface area contributed by atoms with Gasteiger partial charge in [0.2, 0.25) is 0 Å². The minimum atomic E-state index is -1.54. The number of ether oxygens (including phenoxy) is 1. The zero-order valence-corrected chi connectivity index (χ0v) is 18.5. The van der Waals surface area contributed by atoms with Crippen LogP contribution in [0.4, 0.5) is 0 Å². The van der Waals surface area contributed by atoms with Crippen molar-refractivity contribution in [3.63, 3.8) is 0 Å². The predicted octanol–water partition coefficient (Wildman–Crippen LogP) is 4.93. The lowest BCUT2D eigenvalue weighted by Crippen LogP contribution is -2.25. The summed E-state index contributed by atoms with van der Waals surface area (Å²) >= 11 is 3.97. The highest BCUT2D eigenvalue weighted by Crippen LogP contribution is 2.30. The Morgan fingerprint density at radius 3 is 2.40 bits per heavy atom. The van der Waals surface area contributed by atoms with Gasteiger partial charge in [-0.1, -0.05) is 25.7 Å². The number of aromatic nitrogens is 2. The summed E-state index contributed by atoms with van der Waals surface area (Å²) in [6.07, 6.45) is 0. The van der Waals surface area contributed by atoms with Crippen LogP contribution in [0.5, 0.6) is 5.75 Å². The van der Waals surface area contributed by atoms with Gasteiger partial charge in [0.05, 0.1) is 23.7 Å². The Balaban J connectivity index is 2.32. The fraction of sp³-hybridized carbons (Fsp3) is 0.222. The number of methoxy groups -OCH3 is 1. The van der Waals surface area contributed by atoms with E-state index in [1.165, 1.54) is 0 Å². The Bertz CT molecular complexity index is 981. The third-order valence-corrected chi connectivity index (χ3v) is 7.87. The maximum absolute atomic E-state index is 13.2. The maximum Gasteiger partial charge on any atom is 0.266 e. The van der Waals surface area contributed by atoms with E-state index < -0.39 is 7.22 Å². The second kappa shape index (κ2) is 7.12. The Morgan fingerprint density at radius 2 is 1.80 bits per heavy atom. The Morgan fingerprint density at radius 1 is 1.12 bits per heavy atom. The molecule has 0 saturated heterocycles. The lowest BCUT2D eigenvalue weighted by molar-refractivity contribution is 0.414. The summed E-state index contributed by atoms with van der Waals surface area (Å²) in [5.74, 6) is 0.763. The van der Waals surface area contributed by atoms with Crippen LogP contribution in [0.25, 0.3) is 16.6 Å². The summed E-state index contributed by atoms with van der Waals surface area (Å²) in [7, 11) is 0.0916. The average Bonchev–Trinajstić information content (AvgIpc) is 2.55. The van der Waals surface area contributed by atoms with Gasteiger partial charge in [0.1, 0.15) is 13.0 Å². The van der Waals surface area contributed by atoms with Crippen LogP contribution in [0.3, 0.4) is 0 Å². The molecule has 1 aromatic heterocycles. The number of halogens is 1. The van der Waals surface area contributed by atoms with Crippen molar-refractivity contribution in [3.8, 4) is 11.4 Å². The molecule has 0 aliphatic carbocycles. The van der Waals surface area contributed by atoms with E-state index in [-0.39, 0.29) is 5.56 Å². The molecule has 0 bridgehead atoms. The summed E-state index contributed by atoms with van der Waals surface area (Å²) < 4.78 is 7.94. The van der Waals surface area contributed by atoms with Gasteiger partial charge in [0, 0.05) is 3.57 Å². The molecule has 1 heterocycles. The Hall–Kier alpha value is -1.32. The highest BCUT2D eigenvalue weighted by molar-refractivity contribution is 14.1. The molecule has 0 aliphatic heterocycles. The highest BCUT2D eigenvalue weighted by Gasteiger charge is 2.22. The first kappa shape index (κ1) is 18.5. The number of rotatable bonds is 4. The van der Waals surface area contributed by atoms with E-state index in [1.54, 1.807) is 22.9 Å². The number of hydrogen-bond acceptors (Lipinski definition) is 4. The van der Waals surface area contributed by atoms with Crippen LogP contribution in [0.15, 0.2) is 52.4 Å². The molecule has 0 aliphatic rings. The summed E-state index contributed by atoms with van der Waals surface area (Å²) in [6, 6.07) is 13.3. The van der Waals surface area contributed by atoms with E-state index in [4.69, 9.17) is 9.72 Å². The second-order valence-corrected chi connectivity index (χ2v) is 16.8. The van der Waals surface area contributed by atoms with Crippen molar-refractivity contribution in [2.75, 3.05) is 7.11 Å². The molecule has 4 nitrogen and oxygen atoms in total. The first-order chi connectivity index (χ1) is 11.8. The highest BCUT2D eigenvalue weighted by atomic mass is 127. The van der Waals surface area contributed by atoms with Gasteiger partial charge < -0.3 is 4.74 Å². The van der Waals surface area contributed by atoms with Crippen LogP contribution in [-0.4, -0.2) is 23.9 Å². The number of para-hydroxylation sites is 1. The Kier molecular flexibility index (Phi) is 5.26. The minimum Gasteiger partial charge on any atom is -0.497 e. The molecular formula is C18H19IN2O2SSi. The van der Waals surface area contributed by atoms with Crippen LogP contribution in [0, 0.1) is 3.57 Å². The Labute approximate surface area is 165 Å². The molecule has 25 heavy (non-hydrogen) atoms. The molecule has 0 unspecified atom stereocenters. The monoisotopic (exact) mass is 482 g/mol. The standard InChI is InChI=1S/C18H19IN2O2SSi/c1-23-13-10-8-12(9-11-13)21-17(22)14-6-5-7-15(19)16(14)20-18(21)24-25(2,3)4/h5-11H,1-4H3. The van der Waals surface area contributed by atoms with E-state index in [9.17, 15) is 4.79 Å². The molecule has 0 atom stereocenters. The zero-order chi connectivity index (χ0) is 18.2. The van der Waals surface area contributed by atoms with E-state index >= 15 is 0 Å². The predicted molar refractivity (Wildman–Crippen MR) is 116 cm³/mol. The number of fused-ring (bicyclic) bond motifs is 1. The molecule has 0 radical (unpaired) electrons. The molecule has 3 aromatic rings. The van der Waals surface area contributed by atoms with E-state index in [1.807, 2.05) is 42.5 Å². The number of benzene rings is 2. The largest absolute Gasteiger partial charge is 0.497 e. The number of nitrogens with zero attached hydrogens (tertiary/aromatic N) is 2. The summed E-state index contributed by atoms with van der Waals surface area (Å²) in [5, 5.41) is 1.40. The number of hydrogen-bond donors (Lipinski definition) is 0. The van der Waals surface area contributed by atoms with Crippen molar-refractivity contribution in [3.05, 3.63) is 56.4 Å². The molecule has 0 saturated carbocycles. The van der Waals surface area contributed by atoms with Crippen molar-refractivity contribution in [2.45, 2.75) is 24.8 Å². The summed E-state index contributed by atoms with van der Waals surface area (Å²) in [5.41, 5.74) is 1.55. The minimum absolute atomic E-state index is 0.0329. The van der Waals surface area contributed by atoms with Gasteiger partial charge in [-0.3, -0.25) is 9.36 Å². The van der Waals surface area contributed by atoms with E-state index in [0.717, 1.165) is 25.7 Å². The molecule has 7 heteroatoms. The van der Waals surface area contributed by atoms with Gasteiger partial charge in [-0.05, 0) is 59.0 Å². The molecular weight excluding hydrogens is 463 g/mol. The van der Waals surface area contributed by atoms with Gasteiger partial charge in [0.25, 0.3) is 5.56 Å². The molecule has 130 valence electrons. The molecule has 2 aromatic carbocycles. The van der Waals surface area contributed by atoms with Gasteiger partial charge in [-0.15, -0.1) is 11.2 Å². The van der Waals surface area contributed by atoms with Crippen molar-refractivity contribution in [2.24, 2.45) is 0 Å². The van der Waals surface area contributed by atoms with Crippen molar-refractivity contribution in [1.29, 1.82) is 0 Å². The van der Waals surface area contributed by atoms with Gasteiger partial charge >= 0.3 is 0 Å². The lowest BCUT2D eigenvalue weighted by atomic mass is 10.2. The van der Waals surface area contributed by atoms with E-state index in [2.05, 4.69) is 42.2 Å². The summed E-state index contributed by atoms with van der Waals surface area (Å²) in [4.78, 5) is 18.1. The third-order valence-electron chi connectivity index (χ3n) is 3.55. The van der Waals surface area contributed by atoms with Gasteiger partial charge in [-0.25, -0.2) is 4.98 Å². The van der Waals surface area contributed by atoms with Crippen molar-refractivity contribution < 1.29 is 4.74 Å². The maximum atomic E-state index is 13.2. The topological polar surface area (TPSA) is 44.1 Å². The molecule has 0 fully saturated rings. The van der Waals surface area contributed by atoms with Gasteiger partial charge in [0.15, 0.2) is 5.16 Å². The van der Waals surface area contributed by atoms with Crippen LogP contribution in [-0.2, 0) is 0 Å². The third kappa shape index (κ3) is 3.93. The molecule has 0 N–H and O–H groups in total. The van der Waals surface area contributed by atoms with Crippen molar-refractivity contribution in [1.82, 2.24) is 9.55 Å². The van der Waals surface area contributed by atoms with E-state index in [0.29, 0.717) is 5.39 Å². The van der Waals surface area contributed by atoms with Gasteiger partial charge in [-0.2, -0.15) is 0 Å². The zero-order valence-electron chi connectivity index (χ0n) is 14.5. The first-order valence-corrected chi connectivity index (χ1v) is 14.0. The normalized spacial score (nSPS) is 11.7. The summed E-state index contributed by atoms with van der Waals surface area (Å²) in [6.45, 7) is 6.76. The molecule has 0 spiro atoms. The SMILES string of the molecule is COc1ccc(-n2c(S[Si](C)(C)C)nc3c(I)cccc3c2=O)cc1. The van der Waals surface area contributed by atoms with Crippen molar-refractivity contribution >= 4 is 51.9 Å². The van der Waals surface area contributed by atoms with Crippen LogP contribution in [0.1, 0.15) is 0 Å².